The molecule has 0 bridgehead atoms. The van der Waals surface area contributed by atoms with Gasteiger partial charge < -0.3 is 0 Å². The van der Waals surface area contributed by atoms with E-state index in [0.29, 0.717) is 17.5 Å². The maximum absolute atomic E-state index is 5.02. The standard InChI is InChI=1S/C43H29N3Se/c47-40-37(31-14-6-2-7-15-31)19-11-21-39(40)38-20-10-18-34-28-35(26-27-36(34)38)43-45-41(32-16-8-3-9-17-32)44-42(46-43)33-24-22-30(23-25-33)29-12-4-1-5-13-29/h1-28,47H. The van der Waals surface area contributed by atoms with E-state index in [0.717, 1.165) is 27.6 Å². The van der Waals surface area contributed by atoms with E-state index < -0.39 is 0 Å². The number of fused-ring (bicyclic) bond motifs is 1. The van der Waals surface area contributed by atoms with Crippen LogP contribution in [0.3, 0.4) is 0 Å². The molecule has 0 saturated carbocycles. The molecule has 0 amide bonds. The molecule has 0 aliphatic carbocycles. The Morgan fingerprint density at radius 1 is 0.319 bits per heavy atom. The third kappa shape index (κ3) is 5.77. The number of hydrogen-bond acceptors (Lipinski definition) is 3. The molecule has 0 unspecified atom stereocenters. The maximum atomic E-state index is 5.02. The summed E-state index contributed by atoms with van der Waals surface area (Å²) in [6.45, 7) is 0. The molecule has 0 aliphatic rings. The predicted octanol–water partition coefficient (Wildman–Crippen LogP) is 9.55. The summed E-state index contributed by atoms with van der Waals surface area (Å²) in [4.78, 5) is 14.9. The second-order valence-corrected chi connectivity index (χ2v) is 12.4. The van der Waals surface area contributed by atoms with Crippen molar-refractivity contribution in [1.82, 2.24) is 15.0 Å². The van der Waals surface area contributed by atoms with Crippen molar-refractivity contribution in [3.05, 3.63) is 170 Å². The first-order valence-electron chi connectivity index (χ1n) is 15.6. The Kier molecular flexibility index (Phi) is 7.72. The Balaban J connectivity index is 1.22. The molecule has 3 nitrogen and oxygen atoms in total. The molecule has 0 atom stereocenters. The van der Waals surface area contributed by atoms with Gasteiger partial charge in [0, 0.05) is 0 Å². The van der Waals surface area contributed by atoms with Crippen LogP contribution in [0.4, 0.5) is 0 Å². The van der Waals surface area contributed by atoms with E-state index >= 15 is 0 Å². The number of rotatable bonds is 6. The summed E-state index contributed by atoms with van der Waals surface area (Å²) < 4.78 is 1.20. The predicted molar refractivity (Wildman–Crippen MR) is 197 cm³/mol. The van der Waals surface area contributed by atoms with Crippen molar-refractivity contribution in [1.29, 1.82) is 0 Å². The van der Waals surface area contributed by atoms with Crippen molar-refractivity contribution in [3.8, 4) is 67.5 Å². The Morgan fingerprint density at radius 3 is 1.43 bits per heavy atom. The fourth-order valence-corrected chi connectivity index (χ4v) is 6.90. The van der Waals surface area contributed by atoms with Crippen molar-refractivity contribution in [2.24, 2.45) is 0 Å². The number of nitrogens with zero attached hydrogens (tertiary/aromatic N) is 3. The molecule has 0 aliphatic heterocycles. The molecule has 47 heavy (non-hydrogen) atoms. The fourth-order valence-electron chi connectivity index (χ4n) is 6.06. The van der Waals surface area contributed by atoms with Crippen LogP contribution in [0, 0.1) is 0 Å². The van der Waals surface area contributed by atoms with E-state index in [4.69, 9.17) is 15.0 Å². The van der Waals surface area contributed by atoms with Gasteiger partial charge in [-0.2, -0.15) is 0 Å². The van der Waals surface area contributed by atoms with Gasteiger partial charge in [-0.1, -0.05) is 60.7 Å². The Hall–Kier alpha value is -5.67. The van der Waals surface area contributed by atoms with E-state index in [1.165, 1.54) is 37.7 Å². The fraction of sp³-hybridized carbons (Fsp3) is 0. The van der Waals surface area contributed by atoms with Crippen LogP contribution < -0.4 is 4.46 Å². The zero-order chi connectivity index (χ0) is 31.6. The second kappa shape index (κ2) is 12.6. The van der Waals surface area contributed by atoms with Crippen LogP contribution in [-0.4, -0.2) is 31.0 Å². The molecule has 0 radical (unpaired) electrons. The van der Waals surface area contributed by atoms with Gasteiger partial charge in [-0.3, -0.25) is 0 Å². The summed E-state index contributed by atoms with van der Waals surface area (Å²) >= 11 is 2.79. The van der Waals surface area contributed by atoms with Gasteiger partial charge in [0.2, 0.25) is 0 Å². The Morgan fingerprint density at radius 2 is 0.766 bits per heavy atom. The molecular formula is C43H29N3Se. The normalized spacial score (nSPS) is 11.1. The first kappa shape index (κ1) is 28.8. The van der Waals surface area contributed by atoms with Crippen molar-refractivity contribution in [2.45, 2.75) is 0 Å². The van der Waals surface area contributed by atoms with Gasteiger partial charge in [0.05, 0.1) is 0 Å². The van der Waals surface area contributed by atoms with Crippen LogP contribution in [0.1, 0.15) is 0 Å². The molecule has 7 aromatic carbocycles. The van der Waals surface area contributed by atoms with E-state index in [2.05, 4.69) is 149 Å². The van der Waals surface area contributed by atoms with E-state index in [1.54, 1.807) is 0 Å². The molecule has 8 rings (SSSR count). The van der Waals surface area contributed by atoms with Gasteiger partial charge >= 0.3 is 212 Å². The summed E-state index contributed by atoms with van der Waals surface area (Å²) in [5.41, 5.74) is 10.0. The van der Waals surface area contributed by atoms with Crippen LogP contribution in [0.25, 0.3) is 78.3 Å². The summed E-state index contributed by atoms with van der Waals surface area (Å²) in [5.74, 6) is 1.94. The van der Waals surface area contributed by atoms with Crippen molar-refractivity contribution in [3.63, 3.8) is 0 Å². The van der Waals surface area contributed by atoms with Gasteiger partial charge in [-0.05, 0) is 11.1 Å². The van der Waals surface area contributed by atoms with Crippen LogP contribution in [0.15, 0.2) is 170 Å². The van der Waals surface area contributed by atoms with Crippen LogP contribution in [0.5, 0.6) is 0 Å². The van der Waals surface area contributed by atoms with Crippen molar-refractivity contribution >= 4 is 31.2 Å². The number of hydrogen-bond donors (Lipinski definition) is 0. The third-order valence-electron chi connectivity index (χ3n) is 8.47. The van der Waals surface area contributed by atoms with Crippen LogP contribution >= 0.6 is 0 Å². The minimum atomic E-state index is 0.646. The van der Waals surface area contributed by atoms with E-state index in [-0.39, 0.29) is 0 Å². The molecule has 1 aromatic heterocycles. The first-order chi connectivity index (χ1) is 23.2. The molecule has 0 saturated heterocycles. The van der Waals surface area contributed by atoms with Crippen LogP contribution in [-0.2, 0) is 0 Å². The van der Waals surface area contributed by atoms with Gasteiger partial charge in [-0.25, -0.2) is 0 Å². The Labute approximate surface area is 282 Å². The molecule has 1 heterocycles. The zero-order valence-electron chi connectivity index (χ0n) is 25.5. The minimum absolute atomic E-state index is 0.646. The molecule has 222 valence electrons. The average molecular weight is 667 g/mol. The topological polar surface area (TPSA) is 38.7 Å². The monoisotopic (exact) mass is 667 g/mol. The first-order valence-corrected chi connectivity index (χ1v) is 16.5. The zero-order valence-corrected chi connectivity index (χ0v) is 27.3. The Bertz CT molecular complexity index is 2340. The number of aromatic nitrogens is 3. The van der Waals surface area contributed by atoms with E-state index in [9.17, 15) is 0 Å². The molecule has 0 fully saturated rings. The van der Waals surface area contributed by atoms with Gasteiger partial charge in [0.1, 0.15) is 0 Å². The molecule has 4 heteroatoms. The molecule has 8 aromatic rings. The molecular weight excluding hydrogens is 637 g/mol. The molecule has 0 spiro atoms. The van der Waals surface area contributed by atoms with Crippen LogP contribution in [0.2, 0.25) is 0 Å². The van der Waals surface area contributed by atoms with Crippen molar-refractivity contribution < 1.29 is 0 Å². The van der Waals surface area contributed by atoms with Gasteiger partial charge in [0.15, 0.2) is 0 Å². The SMILES string of the molecule is [SeH]c1c(-c2ccccc2)cccc1-c1cccc2cc(-c3nc(-c4ccccc4)nc(-c4ccc(-c5ccccc5)cc4)n3)ccc12. The van der Waals surface area contributed by atoms with Crippen molar-refractivity contribution in [2.75, 3.05) is 0 Å². The second-order valence-electron chi connectivity index (χ2n) is 11.4. The third-order valence-corrected chi connectivity index (χ3v) is 9.48. The summed E-state index contributed by atoms with van der Waals surface area (Å²) in [5, 5.41) is 2.32. The summed E-state index contributed by atoms with van der Waals surface area (Å²) in [6, 6.07) is 59.0. The summed E-state index contributed by atoms with van der Waals surface area (Å²) in [6.07, 6.45) is 0. The van der Waals surface area contributed by atoms with E-state index in [1.807, 2.05) is 36.4 Å². The average Bonchev–Trinajstić information content (AvgIpc) is 3.15. The molecule has 0 N–H and O–H groups in total. The summed E-state index contributed by atoms with van der Waals surface area (Å²) in [7, 11) is 0. The quantitative estimate of drug-likeness (QED) is 0.166. The number of benzene rings is 7. The van der Waals surface area contributed by atoms with Gasteiger partial charge in [0.25, 0.3) is 0 Å². The van der Waals surface area contributed by atoms with Gasteiger partial charge in [-0.15, -0.1) is 0 Å².